The molecule has 0 saturated heterocycles. The molecule has 0 aliphatic heterocycles. The van der Waals surface area contributed by atoms with Crippen molar-refractivity contribution < 1.29 is 28.6 Å². The molecule has 1 unspecified atom stereocenters. The first kappa shape index (κ1) is 65.3. The topological polar surface area (TPSA) is 78.9 Å². The highest BCUT2D eigenvalue weighted by Gasteiger charge is 2.19. The van der Waals surface area contributed by atoms with E-state index in [1.165, 1.54) is 89.9 Å². The van der Waals surface area contributed by atoms with Gasteiger partial charge in [0.05, 0.1) is 0 Å². The summed E-state index contributed by atoms with van der Waals surface area (Å²) in [4.78, 5) is 38.2. The van der Waals surface area contributed by atoms with E-state index in [0.717, 1.165) is 135 Å². The molecule has 0 saturated carbocycles. The Hall–Kier alpha value is -3.67. The van der Waals surface area contributed by atoms with Crippen LogP contribution in [0.3, 0.4) is 0 Å². The van der Waals surface area contributed by atoms with Gasteiger partial charge in [0.2, 0.25) is 0 Å². The molecule has 0 radical (unpaired) electrons. The average Bonchev–Trinajstić information content (AvgIpc) is 3.35. The van der Waals surface area contributed by atoms with Gasteiger partial charge in [0.1, 0.15) is 13.2 Å². The maximum atomic E-state index is 12.9. The molecule has 0 aliphatic carbocycles. The lowest BCUT2D eigenvalue weighted by atomic mass is 10.0. The first-order valence-electron chi connectivity index (χ1n) is 28.7. The lowest BCUT2D eigenvalue weighted by Crippen LogP contribution is -2.30. The van der Waals surface area contributed by atoms with Crippen molar-refractivity contribution in [2.24, 2.45) is 0 Å². The smallest absolute Gasteiger partial charge is 0.306 e. The molecule has 1 atom stereocenters. The number of ether oxygens (including phenoxy) is 3. The summed E-state index contributed by atoms with van der Waals surface area (Å²) >= 11 is 0. The van der Waals surface area contributed by atoms with E-state index in [9.17, 15) is 14.4 Å². The van der Waals surface area contributed by atoms with Crippen LogP contribution >= 0.6 is 0 Å². The Kier molecular flexibility index (Phi) is 53.9. The van der Waals surface area contributed by atoms with Gasteiger partial charge in [-0.25, -0.2) is 0 Å². The molecule has 0 aromatic heterocycles. The summed E-state index contributed by atoms with van der Waals surface area (Å²) in [7, 11) is 0. The monoisotopic (exact) mass is 959 g/mol. The molecule has 6 nitrogen and oxygen atoms in total. The molecule has 0 spiro atoms. The molecule has 6 heteroatoms. The summed E-state index contributed by atoms with van der Waals surface area (Å²) in [6, 6.07) is 0. The molecule has 0 aliphatic rings. The van der Waals surface area contributed by atoms with Crippen molar-refractivity contribution in [3.63, 3.8) is 0 Å². The highest BCUT2D eigenvalue weighted by atomic mass is 16.6. The molecule has 0 aromatic carbocycles. The third kappa shape index (κ3) is 55.1. The van der Waals surface area contributed by atoms with Gasteiger partial charge in [-0.2, -0.15) is 0 Å². The van der Waals surface area contributed by atoms with Crippen molar-refractivity contribution in [3.05, 3.63) is 97.2 Å². The largest absolute Gasteiger partial charge is 0.462 e. The van der Waals surface area contributed by atoms with Crippen molar-refractivity contribution in [2.75, 3.05) is 13.2 Å². The van der Waals surface area contributed by atoms with Gasteiger partial charge >= 0.3 is 17.9 Å². The quantitative estimate of drug-likeness (QED) is 0.0262. The number of esters is 3. The minimum absolute atomic E-state index is 0.0909. The third-order valence-corrected chi connectivity index (χ3v) is 12.1. The van der Waals surface area contributed by atoms with E-state index in [4.69, 9.17) is 14.2 Å². The van der Waals surface area contributed by atoms with E-state index >= 15 is 0 Å². The highest BCUT2D eigenvalue weighted by Crippen LogP contribution is 2.15. The predicted molar refractivity (Wildman–Crippen MR) is 297 cm³/mol. The van der Waals surface area contributed by atoms with Crippen LogP contribution in [0.1, 0.15) is 265 Å². The van der Waals surface area contributed by atoms with Crippen molar-refractivity contribution in [1.82, 2.24) is 0 Å². The fourth-order valence-electron chi connectivity index (χ4n) is 7.84. The van der Waals surface area contributed by atoms with Gasteiger partial charge in [-0.15, -0.1) is 0 Å². The zero-order chi connectivity index (χ0) is 50.0. The van der Waals surface area contributed by atoms with Crippen LogP contribution in [0.2, 0.25) is 0 Å². The number of carbonyl (C=O) groups excluding carboxylic acids is 3. The molecule has 0 heterocycles. The first-order chi connectivity index (χ1) is 34.0. The van der Waals surface area contributed by atoms with E-state index in [1.54, 1.807) is 0 Å². The molecule has 0 bridgehead atoms. The summed E-state index contributed by atoms with van der Waals surface area (Å²) in [5.74, 6) is -0.924. The van der Waals surface area contributed by atoms with Crippen molar-refractivity contribution in [1.29, 1.82) is 0 Å². The van der Waals surface area contributed by atoms with Gasteiger partial charge in [0.25, 0.3) is 0 Å². The van der Waals surface area contributed by atoms with Gasteiger partial charge in [-0.1, -0.05) is 246 Å². The molecular weight excluding hydrogens is 853 g/mol. The van der Waals surface area contributed by atoms with Gasteiger partial charge in [0, 0.05) is 19.3 Å². The summed E-state index contributed by atoms with van der Waals surface area (Å²) in [6.07, 6.45) is 75.3. The lowest BCUT2D eigenvalue weighted by molar-refractivity contribution is -0.167. The Bertz CT molecular complexity index is 1380. The van der Waals surface area contributed by atoms with Crippen LogP contribution in [0.4, 0.5) is 0 Å². The van der Waals surface area contributed by atoms with Crippen LogP contribution in [0.5, 0.6) is 0 Å². The molecule has 0 aromatic rings. The van der Waals surface area contributed by atoms with Gasteiger partial charge in [-0.3, -0.25) is 14.4 Å². The second kappa shape index (κ2) is 56.9. The summed E-state index contributed by atoms with van der Waals surface area (Å²) in [5.41, 5.74) is 0. The van der Waals surface area contributed by atoms with Gasteiger partial charge < -0.3 is 14.2 Å². The van der Waals surface area contributed by atoms with E-state index < -0.39 is 6.10 Å². The summed E-state index contributed by atoms with van der Waals surface area (Å²) < 4.78 is 16.9. The van der Waals surface area contributed by atoms with Crippen LogP contribution in [0.15, 0.2) is 97.2 Å². The zero-order valence-corrected chi connectivity index (χ0v) is 45.0. The maximum Gasteiger partial charge on any atom is 0.306 e. The van der Waals surface area contributed by atoms with Crippen LogP contribution < -0.4 is 0 Å². The van der Waals surface area contributed by atoms with E-state index in [2.05, 4.69) is 118 Å². The second-order valence-electron chi connectivity index (χ2n) is 18.8. The molecule has 69 heavy (non-hydrogen) atoms. The van der Waals surface area contributed by atoms with Crippen LogP contribution in [0, 0.1) is 0 Å². The number of rotatable bonds is 51. The minimum atomic E-state index is -0.796. The van der Waals surface area contributed by atoms with Crippen molar-refractivity contribution in [2.45, 2.75) is 271 Å². The minimum Gasteiger partial charge on any atom is -0.462 e. The third-order valence-electron chi connectivity index (χ3n) is 12.1. The lowest BCUT2D eigenvalue weighted by Gasteiger charge is -2.18. The number of hydrogen-bond acceptors (Lipinski definition) is 6. The molecule has 0 rings (SSSR count). The van der Waals surface area contributed by atoms with Crippen LogP contribution in [-0.2, 0) is 28.6 Å². The molecule has 0 fully saturated rings. The van der Waals surface area contributed by atoms with Crippen molar-refractivity contribution in [3.8, 4) is 0 Å². The molecule has 394 valence electrons. The number of carbonyl (C=O) groups is 3. The normalized spacial score (nSPS) is 12.8. The molecular formula is C63H106O6. The summed E-state index contributed by atoms with van der Waals surface area (Å²) in [5, 5.41) is 0. The Morgan fingerprint density at radius 1 is 0.304 bits per heavy atom. The van der Waals surface area contributed by atoms with E-state index in [1.807, 2.05) is 0 Å². The van der Waals surface area contributed by atoms with Crippen LogP contribution in [0.25, 0.3) is 0 Å². The van der Waals surface area contributed by atoms with Gasteiger partial charge in [-0.05, 0) is 96.3 Å². The molecule has 0 N–H and O–H groups in total. The van der Waals surface area contributed by atoms with Crippen molar-refractivity contribution >= 4 is 17.9 Å². The second-order valence-corrected chi connectivity index (χ2v) is 18.8. The first-order valence-corrected chi connectivity index (χ1v) is 28.7. The SMILES string of the molecule is CC/C=C\C/C=C\C/C=C\C/C=C\CCCCCCCCC(=O)OCC(COC(=O)CCCCCCCCCCCCCCCCC)OC(=O)CCCCCC/C=C\C/C=C\C/C=C\C/C=C\CC. The Morgan fingerprint density at radius 2 is 0.565 bits per heavy atom. The van der Waals surface area contributed by atoms with E-state index in [-0.39, 0.29) is 31.1 Å². The van der Waals surface area contributed by atoms with E-state index in [0.29, 0.717) is 19.3 Å². The Labute approximate surface area is 426 Å². The Balaban J connectivity index is 4.45. The summed E-state index contributed by atoms with van der Waals surface area (Å²) in [6.45, 7) is 6.40. The van der Waals surface area contributed by atoms with Gasteiger partial charge in [0.15, 0.2) is 6.10 Å². The Morgan fingerprint density at radius 3 is 0.884 bits per heavy atom. The standard InChI is InChI=1S/C63H106O6/c1-4-7-10-13-16-19-22-25-28-30-31-33-35-38-41-44-47-50-53-56-62(65)68-59-60(58-67-61(64)55-52-49-46-43-40-37-34-27-24-21-18-15-12-9-6-3)69-63(66)57-54-51-48-45-42-39-36-32-29-26-23-20-17-14-11-8-5-2/h7-8,10-11,16-17,19-20,25-26,28-29,31,33,36,39,60H,4-6,9,12-15,18,21-24,27,30,32,34-35,37-38,40-59H2,1-3H3/b10-7-,11-8-,19-16-,20-17-,28-25-,29-26-,33-31-,39-36-. The number of unbranched alkanes of at least 4 members (excludes halogenated alkanes) is 24. The number of hydrogen-bond donors (Lipinski definition) is 0. The highest BCUT2D eigenvalue weighted by molar-refractivity contribution is 5.71. The number of allylic oxidation sites excluding steroid dienone is 16. The maximum absolute atomic E-state index is 12.9. The fourth-order valence-corrected chi connectivity index (χ4v) is 7.84. The molecule has 0 amide bonds. The average molecular weight is 960 g/mol. The predicted octanol–water partition coefficient (Wildman–Crippen LogP) is 19.3. The zero-order valence-electron chi connectivity index (χ0n) is 45.0. The fraction of sp³-hybridized carbons (Fsp3) is 0.698. The van der Waals surface area contributed by atoms with Crippen LogP contribution in [-0.4, -0.2) is 37.2 Å².